The van der Waals surface area contributed by atoms with Crippen molar-refractivity contribution in [1.82, 2.24) is 0 Å². The summed E-state index contributed by atoms with van der Waals surface area (Å²) in [6.45, 7) is 3.60. The zero-order chi connectivity index (χ0) is 10.3. The Morgan fingerprint density at radius 3 is 1.85 bits per heavy atom. The quantitative estimate of drug-likeness (QED) is 0.486. The molecule has 5 heteroatoms. The fraction of sp³-hybridized carbons (Fsp3) is 0.625. The summed E-state index contributed by atoms with van der Waals surface area (Å²) in [5, 5.41) is 7.53. The van der Waals surface area contributed by atoms with Gasteiger partial charge in [-0.25, -0.2) is 0 Å². The Kier molecular flexibility index (Phi) is 5.50. The minimum absolute atomic E-state index is 0.590. The highest BCUT2D eigenvalue weighted by atomic mass is 16.6. The second-order valence-corrected chi connectivity index (χ2v) is 2.29. The van der Waals surface area contributed by atoms with Crippen molar-refractivity contribution in [3.8, 4) is 0 Å². The van der Waals surface area contributed by atoms with Gasteiger partial charge in [-0.05, 0) is 13.8 Å². The maximum Gasteiger partial charge on any atom is 0.148 e. The van der Waals surface area contributed by atoms with E-state index >= 15 is 0 Å². The molecule has 0 fully saturated rings. The summed E-state index contributed by atoms with van der Waals surface area (Å²) in [6.07, 6.45) is 0. The predicted octanol–water partition coefficient (Wildman–Crippen LogP) is 1.10. The highest BCUT2D eigenvalue weighted by Gasteiger charge is 2.08. The lowest BCUT2D eigenvalue weighted by Crippen LogP contribution is -2.20. The van der Waals surface area contributed by atoms with Gasteiger partial charge in [0, 0.05) is 7.05 Å². The third-order valence-corrected chi connectivity index (χ3v) is 1.43. The van der Waals surface area contributed by atoms with Crippen molar-refractivity contribution >= 4 is 17.1 Å². The van der Waals surface area contributed by atoms with Gasteiger partial charge in [-0.15, -0.1) is 0 Å². The molecule has 0 aromatic rings. The SMILES string of the molecule is CN=C(C)C(=N/OC)/C(C)=N\OC. The Balaban J connectivity index is 4.83. The molecule has 0 spiro atoms. The van der Waals surface area contributed by atoms with Crippen LogP contribution in [0.25, 0.3) is 0 Å². The van der Waals surface area contributed by atoms with Gasteiger partial charge >= 0.3 is 0 Å². The zero-order valence-electron chi connectivity index (χ0n) is 8.66. The predicted molar refractivity (Wildman–Crippen MR) is 53.6 cm³/mol. The smallest absolute Gasteiger partial charge is 0.148 e. The molecule has 0 aliphatic carbocycles. The zero-order valence-corrected chi connectivity index (χ0v) is 8.66. The van der Waals surface area contributed by atoms with E-state index in [1.807, 2.05) is 6.92 Å². The van der Waals surface area contributed by atoms with Gasteiger partial charge in [0.25, 0.3) is 0 Å². The van der Waals surface area contributed by atoms with Gasteiger partial charge in [0.05, 0.1) is 5.71 Å². The van der Waals surface area contributed by atoms with Gasteiger partial charge in [0.15, 0.2) is 0 Å². The van der Waals surface area contributed by atoms with Gasteiger partial charge < -0.3 is 9.68 Å². The number of hydrogen-bond donors (Lipinski definition) is 0. The number of rotatable bonds is 4. The van der Waals surface area contributed by atoms with E-state index in [0.717, 1.165) is 5.71 Å². The van der Waals surface area contributed by atoms with Crippen LogP contribution in [0.3, 0.4) is 0 Å². The van der Waals surface area contributed by atoms with Crippen LogP contribution in [0, 0.1) is 0 Å². The summed E-state index contributed by atoms with van der Waals surface area (Å²) in [7, 11) is 4.63. The summed E-state index contributed by atoms with van der Waals surface area (Å²) >= 11 is 0. The van der Waals surface area contributed by atoms with Crippen LogP contribution < -0.4 is 0 Å². The van der Waals surface area contributed by atoms with Crippen LogP contribution in [-0.4, -0.2) is 38.4 Å². The number of nitrogens with zero attached hydrogens (tertiary/aromatic N) is 3. The van der Waals surface area contributed by atoms with Crippen molar-refractivity contribution in [2.45, 2.75) is 13.8 Å². The molecule has 0 N–H and O–H groups in total. The van der Waals surface area contributed by atoms with E-state index in [-0.39, 0.29) is 0 Å². The van der Waals surface area contributed by atoms with Crippen molar-refractivity contribution in [2.75, 3.05) is 21.3 Å². The lowest BCUT2D eigenvalue weighted by atomic mass is 10.2. The molecule has 13 heavy (non-hydrogen) atoms. The van der Waals surface area contributed by atoms with Gasteiger partial charge in [0.2, 0.25) is 0 Å². The third kappa shape index (κ3) is 3.68. The van der Waals surface area contributed by atoms with Gasteiger partial charge in [-0.3, -0.25) is 4.99 Å². The van der Waals surface area contributed by atoms with Crippen molar-refractivity contribution in [2.24, 2.45) is 15.3 Å². The number of oxime groups is 2. The molecule has 0 radical (unpaired) electrons. The summed E-state index contributed by atoms with van der Waals surface area (Å²) in [4.78, 5) is 13.3. The topological polar surface area (TPSA) is 55.5 Å². The standard InChI is InChI=1S/C8H15N3O2/c1-6(9-3)8(11-13-5)7(2)10-12-4/h1-5H3/b9-6?,10-7-,11-8-. The first-order chi connectivity index (χ1) is 6.17. The maximum absolute atomic E-state index is 4.67. The van der Waals surface area contributed by atoms with Crippen molar-refractivity contribution in [3.05, 3.63) is 0 Å². The molecule has 0 aliphatic rings. The van der Waals surface area contributed by atoms with E-state index in [0.29, 0.717) is 11.4 Å². The first kappa shape index (κ1) is 11.6. The Hall–Kier alpha value is -1.39. The summed E-state index contributed by atoms with van der Waals surface area (Å²) in [6, 6.07) is 0. The van der Waals surface area contributed by atoms with Crippen LogP contribution in [0.4, 0.5) is 0 Å². The highest BCUT2D eigenvalue weighted by Crippen LogP contribution is 1.91. The second kappa shape index (κ2) is 6.16. The van der Waals surface area contributed by atoms with E-state index in [2.05, 4.69) is 25.0 Å². The van der Waals surface area contributed by atoms with Crippen LogP contribution >= 0.6 is 0 Å². The molecule has 0 saturated heterocycles. The summed E-state index contributed by atoms with van der Waals surface area (Å²) in [5.74, 6) is 0. The largest absolute Gasteiger partial charge is 0.399 e. The molecule has 0 unspecified atom stereocenters. The average molecular weight is 185 g/mol. The minimum atomic E-state index is 0.590. The molecule has 0 saturated carbocycles. The molecule has 0 heterocycles. The summed E-state index contributed by atoms with van der Waals surface area (Å²) in [5.41, 5.74) is 1.97. The molecule has 0 amide bonds. The van der Waals surface area contributed by atoms with Crippen molar-refractivity contribution in [3.63, 3.8) is 0 Å². The number of aliphatic imine (C=N–C) groups is 1. The van der Waals surface area contributed by atoms with Crippen LogP contribution in [0.1, 0.15) is 13.8 Å². The number of hydrogen-bond acceptors (Lipinski definition) is 5. The van der Waals surface area contributed by atoms with Crippen molar-refractivity contribution in [1.29, 1.82) is 0 Å². The van der Waals surface area contributed by atoms with Crippen LogP contribution in [0.15, 0.2) is 15.3 Å². The van der Waals surface area contributed by atoms with Crippen LogP contribution in [0.2, 0.25) is 0 Å². The monoisotopic (exact) mass is 185 g/mol. The molecule has 0 aromatic carbocycles. The van der Waals surface area contributed by atoms with Crippen molar-refractivity contribution < 1.29 is 9.68 Å². The van der Waals surface area contributed by atoms with E-state index in [1.54, 1.807) is 14.0 Å². The normalized spacial score (nSPS) is 14.4. The molecule has 0 aromatic heterocycles. The molecule has 0 aliphatic heterocycles. The average Bonchev–Trinajstić information content (AvgIpc) is 2.13. The Morgan fingerprint density at radius 1 is 0.923 bits per heavy atom. The minimum Gasteiger partial charge on any atom is -0.399 e. The lowest BCUT2D eigenvalue weighted by molar-refractivity contribution is 0.210. The fourth-order valence-corrected chi connectivity index (χ4v) is 0.771. The molecule has 5 nitrogen and oxygen atoms in total. The van der Waals surface area contributed by atoms with E-state index in [1.165, 1.54) is 14.2 Å². The molecular weight excluding hydrogens is 170 g/mol. The summed E-state index contributed by atoms with van der Waals surface area (Å²) < 4.78 is 0. The Bertz CT molecular complexity index is 244. The Labute approximate surface area is 78.1 Å². The molecular formula is C8H15N3O2. The van der Waals surface area contributed by atoms with E-state index in [9.17, 15) is 0 Å². The molecule has 74 valence electrons. The van der Waals surface area contributed by atoms with Crippen LogP contribution in [0.5, 0.6) is 0 Å². The van der Waals surface area contributed by atoms with Gasteiger partial charge in [-0.2, -0.15) is 0 Å². The van der Waals surface area contributed by atoms with Gasteiger partial charge in [0.1, 0.15) is 25.6 Å². The van der Waals surface area contributed by atoms with E-state index in [4.69, 9.17) is 0 Å². The third-order valence-electron chi connectivity index (χ3n) is 1.43. The van der Waals surface area contributed by atoms with E-state index < -0.39 is 0 Å². The first-order valence-corrected chi connectivity index (χ1v) is 3.80. The second-order valence-electron chi connectivity index (χ2n) is 2.29. The maximum atomic E-state index is 4.67. The highest BCUT2D eigenvalue weighted by molar-refractivity contribution is 6.67. The first-order valence-electron chi connectivity index (χ1n) is 3.80. The Morgan fingerprint density at radius 2 is 1.46 bits per heavy atom. The fourth-order valence-electron chi connectivity index (χ4n) is 0.771. The van der Waals surface area contributed by atoms with Crippen LogP contribution in [-0.2, 0) is 9.68 Å². The molecule has 0 rings (SSSR count). The molecule has 0 atom stereocenters. The lowest BCUT2D eigenvalue weighted by Gasteiger charge is -2.02. The molecule has 0 bridgehead atoms. The van der Waals surface area contributed by atoms with Gasteiger partial charge in [-0.1, -0.05) is 10.3 Å².